The highest BCUT2D eigenvalue weighted by molar-refractivity contribution is 5.66. The molecule has 0 radical (unpaired) electrons. The molecule has 0 aromatic heterocycles. The minimum Gasteiger partial charge on any atom is -0.496 e. The van der Waals surface area contributed by atoms with Crippen LogP contribution in [-0.2, 0) is 6.18 Å². The third-order valence-electron chi connectivity index (χ3n) is 2.69. The highest BCUT2D eigenvalue weighted by Crippen LogP contribution is 2.38. The van der Waals surface area contributed by atoms with Crippen LogP contribution in [0.2, 0.25) is 0 Å². The monoisotopic (exact) mass is 270 g/mol. The molecule has 0 unspecified atom stereocenters. The minimum atomic E-state index is -4.55. The van der Waals surface area contributed by atoms with Crippen LogP contribution in [0.3, 0.4) is 0 Å². The molecule has 0 spiro atoms. The molecule has 0 amide bonds. The summed E-state index contributed by atoms with van der Waals surface area (Å²) in [6.07, 6.45) is -4.55. The van der Waals surface area contributed by atoms with Crippen molar-refractivity contribution in [3.8, 4) is 16.9 Å². The number of methoxy groups -OCH3 is 1. The Morgan fingerprint density at radius 1 is 1.00 bits per heavy atom. The van der Waals surface area contributed by atoms with Crippen molar-refractivity contribution in [2.24, 2.45) is 0 Å². The maximum atomic E-state index is 13.6. The second-order valence-corrected chi connectivity index (χ2v) is 3.89. The largest absolute Gasteiger partial charge is 0.496 e. The summed E-state index contributed by atoms with van der Waals surface area (Å²) >= 11 is 0. The molecular weight excluding hydrogens is 260 g/mol. The van der Waals surface area contributed by atoms with Crippen molar-refractivity contribution >= 4 is 0 Å². The Balaban J connectivity index is 2.59. The fourth-order valence-electron chi connectivity index (χ4n) is 1.79. The number of benzene rings is 2. The van der Waals surface area contributed by atoms with Crippen molar-refractivity contribution in [1.82, 2.24) is 0 Å². The average molecular weight is 270 g/mol. The number of rotatable bonds is 2. The molecule has 0 heterocycles. The lowest BCUT2D eigenvalue weighted by Gasteiger charge is -2.13. The molecule has 0 saturated carbocycles. The van der Waals surface area contributed by atoms with Gasteiger partial charge in [0.25, 0.3) is 0 Å². The van der Waals surface area contributed by atoms with Gasteiger partial charge in [-0.25, -0.2) is 4.39 Å². The summed E-state index contributed by atoms with van der Waals surface area (Å²) in [6, 6.07) is 9.14. The van der Waals surface area contributed by atoms with Gasteiger partial charge in [0.1, 0.15) is 11.6 Å². The van der Waals surface area contributed by atoms with E-state index in [0.717, 1.165) is 13.2 Å². The first kappa shape index (κ1) is 13.4. The molecule has 0 N–H and O–H groups in total. The molecular formula is C14H10F4O. The smallest absolute Gasteiger partial charge is 0.419 e. The van der Waals surface area contributed by atoms with Crippen LogP contribution in [0.4, 0.5) is 17.6 Å². The summed E-state index contributed by atoms with van der Waals surface area (Å²) in [5.74, 6) is -0.853. The number of alkyl halides is 3. The van der Waals surface area contributed by atoms with E-state index >= 15 is 0 Å². The molecule has 0 saturated heterocycles. The zero-order valence-corrected chi connectivity index (χ0v) is 9.96. The van der Waals surface area contributed by atoms with E-state index in [1.54, 1.807) is 6.07 Å². The molecule has 0 aliphatic rings. The van der Waals surface area contributed by atoms with Gasteiger partial charge in [0, 0.05) is 5.56 Å². The molecule has 2 rings (SSSR count). The molecule has 0 aliphatic heterocycles. The number of ether oxygens (including phenoxy) is 1. The highest BCUT2D eigenvalue weighted by atomic mass is 19.4. The normalized spacial score (nSPS) is 11.4. The maximum Gasteiger partial charge on any atom is 0.419 e. The summed E-state index contributed by atoms with van der Waals surface area (Å²) < 4.78 is 56.8. The van der Waals surface area contributed by atoms with E-state index in [4.69, 9.17) is 0 Å². The summed E-state index contributed by atoms with van der Waals surface area (Å²) in [5, 5.41) is 0. The van der Waals surface area contributed by atoms with Crippen LogP contribution < -0.4 is 4.74 Å². The lowest BCUT2D eigenvalue weighted by molar-refractivity contribution is -0.138. The van der Waals surface area contributed by atoms with E-state index < -0.39 is 17.6 Å². The van der Waals surface area contributed by atoms with Crippen LogP contribution >= 0.6 is 0 Å². The molecule has 2 aromatic carbocycles. The zero-order valence-electron chi connectivity index (χ0n) is 9.96. The van der Waals surface area contributed by atoms with E-state index in [0.29, 0.717) is 0 Å². The van der Waals surface area contributed by atoms with Crippen molar-refractivity contribution in [3.05, 3.63) is 53.8 Å². The fraction of sp³-hybridized carbons (Fsp3) is 0.143. The quantitative estimate of drug-likeness (QED) is 0.729. The molecule has 0 aliphatic carbocycles. The molecule has 5 heteroatoms. The van der Waals surface area contributed by atoms with Crippen molar-refractivity contribution in [3.63, 3.8) is 0 Å². The predicted molar refractivity (Wildman–Crippen MR) is 63.4 cm³/mol. The molecule has 0 bridgehead atoms. The fourth-order valence-corrected chi connectivity index (χ4v) is 1.79. The van der Waals surface area contributed by atoms with Gasteiger partial charge in [0.2, 0.25) is 0 Å². The number of halogens is 4. The summed E-state index contributed by atoms with van der Waals surface area (Å²) in [6.45, 7) is 0. The standard InChI is InChI=1S/C14H10F4O/c1-19-13-7-6-9(8-11(13)14(16,17)18)10-4-2-3-5-12(10)15/h2-8H,1H3. The van der Waals surface area contributed by atoms with Gasteiger partial charge in [-0.2, -0.15) is 13.2 Å². The van der Waals surface area contributed by atoms with Crippen LogP contribution in [0.25, 0.3) is 11.1 Å². The highest BCUT2D eigenvalue weighted by Gasteiger charge is 2.34. The lowest BCUT2D eigenvalue weighted by atomic mass is 10.0. The van der Waals surface area contributed by atoms with Crippen LogP contribution in [-0.4, -0.2) is 7.11 Å². The lowest BCUT2D eigenvalue weighted by Crippen LogP contribution is -2.07. The summed E-state index contributed by atoms with van der Waals surface area (Å²) in [7, 11) is 1.16. The van der Waals surface area contributed by atoms with E-state index in [2.05, 4.69) is 4.74 Å². The summed E-state index contributed by atoms with van der Waals surface area (Å²) in [4.78, 5) is 0. The van der Waals surface area contributed by atoms with Gasteiger partial charge in [-0.3, -0.25) is 0 Å². The Kier molecular flexibility index (Phi) is 3.46. The maximum absolute atomic E-state index is 13.6. The van der Waals surface area contributed by atoms with Crippen molar-refractivity contribution in [1.29, 1.82) is 0 Å². The first-order valence-corrected chi connectivity index (χ1v) is 5.43. The van der Waals surface area contributed by atoms with E-state index in [-0.39, 0.29) is 16.9 Å². The van der Waals surface area contributed by atoms with E-state index in [1.165, 1.54) is 30.3 Å². The Hall–Kier alpha value is -2.04. The van der Waals surface area contributed by atoms with Crippen LogP contribution in [0.5, 0.6) is 5.75 Å². The minimum absolute atomic E-state index is 0.121. The topological polar surface area (TPSA) is 9.23 Å². The first-order valence-electron chi connectivity index (χ1n) is 5.43. The average Bonchev–Trinajstić information content (AvgIpc) is 2.37. The van der Waals surface area contributed by atoms with Crippen LogP contribution in [0.1, 0.15) is 5.56 Å². The Bertz CT molecular complexity index is 590. The van der Waals surface area contributed by atoms with E-state index in [1.807, 2.05) is 0 Å². The van der Waals surface area contributed by atoms with Crippen molar-refractivity contribution < 1.29 is 22.3 Å². The summed E-state index contributed by atoms with van der Waals surface area (Å²) in [5.41, 5.74) is -0.641. The molecule has 1 nitrogen and oxygen atoms in total. The molecule has 0 fully saturated rings. The Labute approximate surface area is 107 Å². The van der Waals surface area contributed by atoms with Crippen LogP contribution in [0, 0.1) is 5.82 Å². The number of hydrogen-bond acceptors (Lipinski definition) is 1. The third-order valence-corrected chi connectivity index (χ3v) is 2.69. The van der Waals surface area contributed by atoms with Gasteiger partial charge in [-0.05, 0) is 23.8 Å². The second kappa shape index (κ2) is 4.91. The third kappa shape index (κ3) is 2.70. The van der Waals surface area contributed by atoms with Gasteiger partial charge in [-0.15, -0.1) is 0 Å². The van der Waals surface area contributed by atoms with E-state index in [9.17, 15) is 17.6 Å². The SMILES string of the molecule is COc1ccc(-c2ccccc2F)cc1C(F)(F)F. The zero-order chi connectivity index (χ0) is 14.0. The Morgan fingerprint density at radius 2 is 1.68 bits per heavy atom. The molecule has 0 atom stereocenters. The van der Waals surface area contributed by atoms with Crippen molar-refractivity contribution in [2.75, 3.05) is 7.11 Å². The van der Waals surface area contributed by atoms with Gasteiger partial charge in [-0.1, -0.05) is 24.3 Å². The molecule has 100 valence electrons. The van der Waals surface area contributed by atoms with Crippen molar-refractivity contribution in [2.45, 2.75) is 6.18 Å². The van der Waals surface area contributed by atoms with Gasteiger partial charge >= 0.3 is 6.18 Å². The molecule has 2 aromatic rings. The van der Waals surface area contributed by atoms with Crippen LogP contribution in [0.15, 0.2) is 42.5 Å². The second-order valence-electron chi connectivity index (χ2n) is 3.89. The Morgan fingerprint density at radius 3 is 2.26 bits per heavy atom. The molecule has 19 heavy (non-hydrogen) atoms. The number of hydrogen-bond donors (Lipinski definition) is 0. The van der Waals surface area contributed by atoms with Gasteiger partial charge in [0.05, 0.1) is 12.7 Å². The van der Waals surface area contributed by atoms with Gasteiger partial charge < -0.3 is 4.74 Å². The predicted octanol–water partition coefficient (Wildman–Crippen LogP) is 4.52. The van der Waals surface area contributed by atoms with Gasteiger partial charge in [0.15, 0.2) is 0 Å². The first-order chi connectivity index (χ1) is 8.93.